The van der Waals surface area contributed by atoms with Gasteiger partial charge in [-0.05, 0) is 39.8 Å². The Morgan fingerprint density at radius 1 is 1.21 bits per heavy atom. The average molecular weight is 415 g/mol. The Morgan fingerprint density at radius 3 is 2.25 bits per heavy atom. The van der Waals surface area contributed by atoms with Crippen molar-refractivity contribution in [2.24, 2.45) is 5.73 Å². The zero-order valence-corrected chi connectivity index (χ0v) is 18.1. The smallest absolute Gasteiger partial charge is 0.327 e. The Balaban J connectivity index is 0.000000500. The molecule has 0 aromatic rings. The molecule has 8 nitrogen and oxygen atoms in total. The highest BCUT2D eigenvalue weighted by Gasteiger charge is 2.64. The summed E-state index contributed by atoms with van der Waals surface area (Å²) in [6.07, 6.45) is 4.17. The molecule has 0 aromatic carbocycles. The Bertz CT molecular complexity index is 605. The van der Waals surface area contributed by atoms with Crippen molar-refractivity contribution < 1.29 is 19.5 Å². The van der Waals surface area contributed by atoms with Gasteiger partial charge in [-0.2, -0.15) is 0 Å². The van der Waals surface area contributed by atoms with E-state index in [-0.39, 0.29) is 17.2 Å². The van der Waals surface area contributed by atoms with E-state index in [1.165, 1.54) is 16.7 Å². The van der Waals surface area contributed by atoms with Crippen LogP contribution in [0.3, 0.4) is 0 Å². The van der Waals surface area contributed by atoms with E-state index < -0.39 is 28.3 Å². The van der Waals surface area contributed by atoms with Gasteiger partial charge in [0.15, 0.2) is 0 Å². The van der Waals surface area contributed by atoms with Crippen LogP contribution in [-0.2, 0) is 14.4 Å². The summed E-state index contributed by atoms with van der Waals surface area (Å²) in [5.41, 5.74) is 5.30. The second-order valence-electron chi connectivity index (χ2n) is 8.22. The van der Waals surface area contributed by atoms with Gasteiger partial charge in [0.1, 0.15) is 17.5 Å². The molecule has 1 aliphatic carbocycles. The Hall–Kier alpha value is -1.32. The topological polar surface area (TPSA) is 125 Å². The summed E-state index contributed by atoms with van der Waals surface area (Å²) >= 11 is 1.42. The van der Waals surface area contributed by atoms with E-state index >= 15 is 0 Å². The molecule has 2 amide bonds. The molecule has 1 saturated carbocycles. The van der Waals surface area contributed by atoms with E-state index in [1.807, 2.05) is 13.8 Å². The molecule has 0 radical (unpaired) electrons. The van der Waals surface area contributed by atoms with Crippen LogP contribution in [-0.4, -0.2) is 68.6 Å². The van der Waals surface area contributed by atoms with Gasteiger partial charge in [-0.25, -0.2) is 4.79 Å². The third-order valence-corrected chi connectivity index (χ3v) is 7.23. The summed E-state index contributed by atoms with van der Waals surface area (Å²) in [5, 5.41) is 15.0. The van der Waals surface area contributed by atoms with Gasteiger partial charge in [-0.15, -0.1) is 11.8 Å². The van der Waals surface area contributed by atoms with E-state index in [2.05, 4.69) is 24.5 Å². The van der Waals surface area contributed by atoms with Crippen molar-refractivity contribution in [2.75, 3.05) is 13.1 Å². The quantitative estimate of drug-likeness (QED) is 0.493. The number of carboxylic acids is 1. The molecule has 0 aromatic heterocycles. The van der Waals surface area contributed by atoms with Crippen molar-refractivity contribution in [2.45, 2.75) is 87.5 Å². The Kier molecular flexibility index (Phi) is 7.38. The number of amides is 2. The van der Waals surface area contributed by atoms with Crippen LogP contribution in [0.2, 0.25) is 0 Å². The van der Waals surface area contributed by atoms with Gasteiger partial charge in [-0.1, -0.05) is 33.1 Å². The predicted molar refractivity (Wildman–Crippen MR) is 110 cm³/mol. The second-order valence-corrected chi connectivity index (χ2v) is 9.99. The van der Waals surface area contributed by atoms with E-state index in [0.717, 1.165) is 32.4 Å². The van der Waals surface area contributed by atoms with Crippen molar-refractivity contribution in [1.29, 1.82) is 0 Å². The molecule has 0 spiro atoms. The molecule has 3 aliphatic rings. The molecule has 9 heteroatoms. The molecular weight excluding hydrogens is 380 g/mol. The Labute approximate surface area is 171 Å². The number of carbonyl (C=O) groups excluding carboxylic acids is 2. The fourth-order valence-corrected chi connectivity index (χ4v) is 5.72. The predicted octanol–water partition coefficient (Wildman–Crippen LogP) is 0.896. The SMILES string of the molecule is CC1(C)S[C@@H]2C(NC(=O)C3(N)CCCCC3)C(=O)N2[C@H]1C(=O)O.CCNCC. The summed E-state index contributed by atoms with van der Waals surface area (Å²) < 4.78 is -0.586. The number of hydrogen-bond acceptors (Lipinski definition) is 6. The van der Waals surface area contributed by atoms with Crippen LogP contribution in [0, 0.1) is 0 Å². The van der Waals surface area contributed by atoms with E-state index in [4.69, 9.17) is 5.73 Å². The first kappa shape index (κ1) is 23.0. The monoisotopic (exact) mass is 414 g/mol. The lowest BCUT2D eigenvalue weighted by Gasteiger charge is -2.45. The molecule has 2 saturated heterocycles. The number of nitrogens with zero attached hydrogens (tertiary/aromatic N) is 1. The maximum atomic E-state index is 12.5. The molecule has 160 valence electrons. The van der Waals surface area contributed by atoms with Gasteiger partial charge in [0.25, 0.3) is 0 Å². The number of rotatable bonds is 5. The molecule has 0 bridgehead atoms. The van der Waals surface area contributed by atoms with Crippen LogP contribution >= 0.6 is 11.8 Å². The maximum Gasteiger partial charge on any atom is 0.327 e. The number of nitrogens with one attached hydrogen (secondary N) is 2. The highest BCUT2D eigenvalue weighted by molar-refractivity contribution is 8.01. The summed E-state index contributed by atoms with van der Waals surface area (Å²) in [6, 6.07) is -1.53. The molecule has 2 heterocycles. The number of carboxylic acid groups (broad SMARTS) is 1. The minimum absolute atomic E-state index is 0.285. The van der Waals surface area contributed by atoms with Crippen LogP contribution in [0.4, 0.5) is 0 Å². The van der Waals surface area contributed by atoms with E-state index in [9.17, 15) is 19.5 Å². The number of fused-ring (bicyclic) bond motifs is 1. The summed E-state index contributed by atoms with van der Waals surface area (Å²) in [7, 11) is 0. The van der Waals surface area contributed by atoms with Gasteiger partial charge >= 0.3 is 5.97 Å². The highest BCUT2D eigenvalue weighted by Crippen LogP contribution is 2.50. The molecule has 5 N–H and O–H groups in total. The molecular formula is C19H34N4O4S. The first-order valence-electron chi connectivity index (χ1n) is 10.1. The summed E-state index contributed by atoms with van der Waals surface area (Å²) in [5.74, 6) is -1.62. The largest absolute Gasteiger partial charge is 0.480 e. The van der Waals surface area contributed by atoms with Crippen molar-refractivity contribution in [1.82, 2.24) is 15.5 Å². The third-order valence-electron chi connectivity index (χ3n) is 5.66. The zero-order chi connectivity index (χ0) is 21.1. The number of β-lactam (4-membered cyclic amide) rings is 1. The first-order valence-corrected chi connectivity index (χ1v) is 11.0. The summed E-state index contributed by atoms with van der Waals surface area (Å²) in [4.78, 5) is 37.7. The summed E-state index contributed by atoms with van der Waals surface area (Å²) in [6.45, 7) is 10.0. The van der Waals surface area contributed by atoms with Crippen molar-refractivity contribution in [3.8, 4) is 0 Å². The molecule has 1 unspecified atom stereocenters. The van der Waals surface area contributed by atoms with Gasteiger partial charge < -0.3 is 26.4 Å². The van der Waals surface area contributed by atoms with Crippen LogP contribution in [0.15, 0.2) is 0 Å². The number of nitrogens with two attached hydrogens (primary N) is 1. The number of carbonyl (C=O) groups is 3. The highest BCUT2D eigenvalue weighted by atomic mass is 32.2. The third kappa shape index (κ3) is 4.46. The van der Waals surface area contributed by atoms with Crippen molar-refractivity contribution in [3.63, 3.8) is 0 Å². The van der Waals surface area contributed by atoms with Crippen LogP contribution in [0.5, 0.6) is 0 Å². The lowest BCUT2D eigenvalue weighted by Crippen LogP contribution is -2.72. The molecule has 3 rings (SSSR count). The molecule has 28 heavy (non-hydrogen) atoms. The second kappa shape index (κ2) is 9.00. The van der Waals surface area contributed by atoms with Crippen molar-refractivity contribution in [3.05, 3.63) is 0 Å². The maximum absolute atomic E-state index is 12.5. The fraction of sp³-hybridized carbons (Fsp3) is 0.842. The average Bonchev–Trinajstić information content (AvgIpc) is 2.89. The molecule has 3 fully saturated rings. The Morgan fingerprint density at radius 2 is 1.79 bits per heavy atom. The van der Waals surface area contributed by atoms with Gasteiger partial charge in [0.2, 0.25) is 11.8 Å². The fourth-order valence-electron chi connectivity index (χ4n) is 4.09. The minimum atomic E-state index is -1.01. The number of thioether (sulfide) groups is 1. The minimum Gasteiger partial charge on any atom is -0.480 e. The van der Waals surface area contributed by atoms with E-state index in [0.29, 0.717) is 12.8 Å². The van der Waals surface area contributed by atoms with E-state index in [1.54, 1.807) is 0 Å². The lowest BCUT2D eigenvalue weighted by atomic mass is 9.81. The zero-order valence-electron chi connectivity index (χ0n) is 17.3. The van der Waals surface area contributed by atoms with Gasteiger partial charge in [-0.3, -0.25) is 9.59 Å². The van der Waals surface area contributed by atoms with Gasteiger partial charge in [0, 0.05) is 4.75 Å². The molecule has 3 atom stereocenters. The standard InChI is InChI=1S/C15H23N3O4S.C4H11N/c1-14(2)9(12(20)21)18-10(19)8(11(18)23-14)17-13(22)15(16)6-4-3-5-7-15;1-3-5-4-2/h8-9,11H,3-7,16H2,1-2H3,(H,17,22)(H,20,21);5H,3-4H2,1-2H3/t8?,9-,11+;/m0./s1. The van der Waals surface area contributed by atoms with Crippen molar-refractivity contribution >= 4 is 29.5 Å². The number of aliphatic carboxylic acids is 1. The molecule has 2 aliphatic heterocycles. The lowest BCUT2D eigenvalue weighted by molar-refractivity contribution is -0.161. The normalized spacial score (nSPS) is 29.8. The first-order chi connectivity index (χ1) is 13.1. The van der Waals surface area contributed by atoms with Crippen LogP contribution in [0.1, 0.15) is 59.8 Å². The van der Waals surface area contributed by atoms with Crippen LogP contribution in [0.25, 0.3) is 0 Å². The van der Waals surface area contributed by atoms with Crippen LogP contribution < -0.4 is 16.4 Å². The van der Waals surface area contributed by atoms with Gasteiger partial charge in [0.05, 0.1) is 5.54 Å². The number of hydrogen-bond donors (Lipinski definition) is 4.